The monoisotopic (exact) mass is 327 g/mol. The maximum atomic E-state index is 10.6. The Morgan fingerprint density at radius 3 is 2.30 bits per heavy atom. The van der Waals surface area contributed by atoms with E-state index in [4.69, 9.17) is 0 Å². The SMILES string of the molecule is CN(Cc1ccccc1)C(=Nc1ccccc1)SCCC(=O)[O-]. The van der Waals surface area contributed by atoms with Crippen molar-refractivity contribution >= 4 is 28.6 Å². The lowest BCUT2D eigenvalue weighted by Gasteiger charge is -2.21. The van der Waals surface area contributed by atoms with Crippen LogP contribution in [0.15, 0.2) is 65.7 Å². The summed E-state index contributed by atoms with van der Waals surface area (Å²) in [6.45, 7) is 0.713. The van der Waals surface area contributed by atoms with Gasteiger partial charge in [-0.15, -0.1) is 0 Å². The fourth-order valence-electron chi connectivity index (χ4n) is 1.99. The van der Waals surface area contributed by atoms with Gasteiger partial charge in [-0.2, -0.15) is 0 Å². The van der Waals surface area contributed by atoms with Crippen LogP contribution in [0.4, 0.5) is 5.69 Å². The van der Waals surface area contributed by atoms with E-state index in [1.165, 1.54) is 17.3 Å². The minimum absolute atomic E-state index is 0.0116. The van der Waals surface area contributed by atoms with Gasteiger partial charge in [0, 0.05) is 25.3 Å². The molecule has 0 radical (unpaired) electrons. The van der Waals surface area contributed by atoms with E-state index in [-0.39, 0.29) is 6.42 Å². The molecule has 120 valence electrons. The number of rotatable bonds is 6. The van der Waals surface area contributed by atoms with Crippen molar-refractivity contribution in [1.82, 2.24) is 4.90 Å². The molecule has 0 heterocycles. The molecule has 0 amide bonds. The summed E-state index contributed by atoms with van der Waals surface area (Å²) in [5.74, 6) is -0.602. The summed E-state index contributed by atoms with van der Waals surface area (Å²) in [4.78, 5) is 17.3. The van der Waals surface area contributed by atoms with E-state index in [0.717, 1.165) is 10.9 Å². The van der Waals surface area contributed by atoms with Crippen LogP contribution in [0.2, 0.25) is 0 Å². The third-order valence-corrected chi connectivity index (χ3v) is 4.18. The molecule has 0 unspecified atom stereocenters. The van der Waals surface area contributed by atoms with Crippen LogP contribution in [0.25, 0.3) is 0 Å². The number of nitrogens with zero attached hydrogens (tertiary/aromatic N) is 2. The summed E-state index contributed by atoms with van der Waals surface area (Å²) in [5.41, 5.74) is 2.03. The van der Waals surface area contributed by atoms with E-state index in [1.807, 2.05) is 60.5 Å². The van der Waals surface area contributed by atoms with Gasteiger partial charge in [0.25, 0.3) is 0 Å². The zero-order valence-electron chi connectivity index (χ0n) is 13.0. The van der Waals surface area contributed by atoms with Crippen molar-refractivity contribution in [3.63, 3.8) is 0 Å². The Morgan fingerprint density at radius 1 is 1.09 bits per heavy atom. The third kappa shape index (κ3) is 6.16. The van der Waals surface area contributed by atoms with Crippen molar-refractivity contribution in [3.05, 3.63) is 66.2 Å². The summed E-state index contributed by atoms with van der Waals surface area (Å²) in [5, 5.41) is 11.4. The first kappa shape index (κ1) is 17.1. The van der Waals surface area contributed by atoms with Crippen LogP contribution in [0.3, 0.4) is 0 Å². The highest BCUT2D eigenvalue weighted by atomic mass is 32.2. The summed E-state index contributed by atoms with van der Waals surface area (Å²) in [6.07, 6.45) is 0.0116. The molecule has 0 spiro atoms. The molecule has 0 saturated heterocycles. The number of carbonyl (C=O) groups excluding carboxylic acids is 1. The minimum Gasteiger partial charge on any atom is -0.550 e. The molecule has 23 heavy (non-hydrogen) atoms. The molecule has 0 aliphatic rings. The molecule has 0 bridgehead atoms. The summed E-state index contributed by atoms with van der Waals surface area (Å²) in [7, 11) is 1.96. The maximum absolute atomic E-state index is 10.6. The topological polar surface area (TPSA) is 55.7 Å². The van der Waals surface area contributed by atoms with Gasteiger partial charge in [-0.1, -0.05) is 60.3 Å². The van der Waals surface area contributed by atoms with Crippen LogP contribution < -0.4 is 5.11 Å². The fourth-order valence-corrected chi connectivity index (χ4v) is 2.90. The average Bonchev–Trinajstić information content (AvgIpc) is 2.55. The van der Waals surface area contributed by atoms with Crippen LogP contribution in [0.5, 0.6) is 0 Å². The number of para-hydroxylation sites is 1. The van der Waals surface area contributed by atoms with Gasteiger partial charge in [-0.05, 0) is 24.1 Å². The van der Waals surface area contributed by atoms with E-state index in [9.17, 15) is 9.90 Å². The molecule has 2 aromatic rings. The first-order valence-electron chi connectivity index (χ1n) is 7.36. The lowest BCUT2D eigenvalue weighted by Crippen LogP contribution is -2.26. The number of amidine groups is 1. The van der Waals surface area contributed by atoms with Crippen LogP contribution in [0, 0.1) is 0 Å². The van der Waals surface area contributed by atoms with E-state index in [0.29, 0.717) is 12.3 Å². The van der Waals surface area contributed by atoms with E-state index >= 15 is 0 Å². The molecule has 4 nitrogen and oxygen atoms in total. The van der Waals surface area contributed by atoms with Gasteiger partial charge in [-0.3, -0.25) is 0 Å². The van der Waals surface area contributed by atoms with Gasteiger partial charge in [0.15, 0.2) is 5.17 Å². The Hall–Kier alpha value is -2.27. The number of aliphatic imine (C=N–C) groups is 1. The second-order valence-electron chi connectivity index (χ2n) is 5.04. The van der Waals surface area contributed by atoms with Gasteiger partial charge in [0.2, 0.25) is 0 Å². The largest absolute Gasteiger partial charge is 0.550 e. The number of aliphatic carboxylic acids is 1. The average molecular weight is 327 g/mol. The van der Waals surface area contributed by atoms with E-state index in [1.54, 1.807) is 0 Å². The predicted octanol–water partition coefficient (Wildman–Crippen LogP) is 2.68. The standard InChI is InChI=1S/C18H20N2O2S/c1-20(14-15-8-4-2-5-9-15)18(23-13-12-17(21)22)19-16-10-6-3-7-11-16/h2-11H,12-14H2,1H3,(H,21,22)/p-1. The lowest BCUT2D eigenvalue weighted by molar-refractivity contribution is -0.305. The zero-order valence-corrected chi connectivity index (χ0v) is 13.8. The lowest BCUT2D eigenvalue weighted by atomic mass is 10.2. The van der Waals surface area contributed by atoms with Crippen LogP contribution in [-0.2, 0) is 11.3 Å². The Bertz CT molecular complexity index is 645. The molecule has 0 atom stereocenters. The predicted molar refractivity (Wildman–Crippen MR) is 93.5 cm³/mol. The molecule has 0 aromatic heterocycles. The summed E-state index contributed by atoms with van der Waals surface area (Å²) < 4.78 is 0. The fraction of sp³-hybridized carbons (Fsp3) is 0.222. The molecular formula is C18H19N2O2S-. The van der Waals surface area contributed by atoms with Gasteiger partial charge in [0.05, 0.1) is 5.69 Å². The first-order chi connectivity index (χ1) is 11.1. The van der Waals surface area contributed by atoms with Gasteiger partial charge < -0.3 is 14.8 Å². The molecule has 0 N–H and O–H groups in total. The molecular weight excluding hydrogens is 308 g/mol. The molecule has 0 aliphatic heterocycles. The maximum Gasteiger partial charge on any atom is 0.164 e. The highest BCUT2D eigenvalue weighted by Gasteiger charge is 2.09. The summed E-state index contributed by atoms with van der Waals surface area (Å²) >= 11 is 1.43. The highest BCUT2D eigenvalue weighted by molar-refractivity contribution is 8.13. The number of benzene rings is 2. The van der Waals surface area contributed by atoms with E-state index < -0.39 is 5.97 Å². The molecule has 0 aliphatic carbocycles. The zero-order chi connectivity index (χ0) is 16.5. The minimum atomic E-state index is -1.04. The molecule has 0 fully saturated rings. The first-order valence-corrected chi connectivity index (χ1v) is 8.35. The number of hydrogen-bond acceptors (Lipinski definition) is 4. The van der Waals surface area contributed by atoms with Crippen molar-refractivity contribution in [3.8, 4) is 0 Å². The number of carboxylic acids is 1. The smallest absolute Gasteiger partial charge is 0.164 e. The van der Waals surface area contributed by atoms with Gasteiger partial charge in [0.1, 0.15) is 0 Å². The van der Waals surface area contributed by atoms with Crippen molar-refractivity contribution < 1.29 is 9.90 Å². The third-order valence-electron chi connectivity index (χ3n) is 3.11. The van der Waals surface area contributed by atoms with Gasteiger partial charge >= 0.3 is 0 Å². The Kier molecular flexibility index (Phi) is 6.69. The van der Waals surface area contributed by atoms with Crippen molar-refractivity contribution in [1.29, 1.82) is 0 Å². The van der Waals surface area contributed by atoms with Crippen LogP contribution in [-0.4, -0.2) is 28.8 Å². The van der Waals surface area contributed by atoms with Crippen LogP contribution in [0.1, 0.15) is 12.0 Å². The number of carbonyl (C=O) groups is 1. The Balaban J connectivity index is 2.11. The van der Waals surface area contributed by atoms with Crippen LogP contribution >= 0.6 is 11.8 Å². The number of thioether (sulfide) groups is 1. The number of hydrogen-bond donors (Lipinski definition) is 0. The normalized spacial score (nSPS) is 11.3. The second kappa shape index (κ2) is 9.00. The molecule has 2 aromatic carbocycles. The quantitative estimate of drug-likeness (QED) is 0.605. The van der Waals surface area contributed by atoms with Crippen molar-refractivity contribution in [2.24, 2.45) is 4.99 Å². The molecule has 0 saturated carbocycles. The molecule has 5 heteroatoms. The summed E-state index contributed by atoms with van der Waals surface area (Å²) in [6, 6.07) is 19.8. The Labute approximate surface area is 140 Å². The highest BCUT2D eigenvalue weighted by Crippen LogP contribution is 2.18. The molecule has 2 rings (SSSR count). The Morgan fingerprint density at radius 2 is 1.70 bits per heavy atom. The second-order valence-corrected chi connectivity index (χ2v) is 6.10. The van der Waals surface area contributed by atoms with Crippen molar-refractivity contribution in [2.75, 3.05) is 12.8 Å². The van der Waals surface area contributed by atoms with E-state index in [2.05, 4.69) is 17.1 Å². The van der Waals surface area contributed by atoms with Crippen molar-refractivity contribution in [2.45, 2.75) is 13.0 Å². The van der Waals surface area contributed by atoms with Gasteiger partial charge in [-0.25, -0.2) is 4.99 Å². The number of carboxylic acid groups (broad SMARTS) is 1.